The van der Waals surface area contributed by atoms with Gasteiger partial charge in [0.2, 0.25) is 5.91 Å². The van der Waals surface area contributed by atoms with Gasteiger partial charge in [-0.15, -0.1) is 0 Å². The molecule has 0 atom stereocenters. The molecule has 2 rings (SSSR count). The molecule has 3 N–H and O–H groups in total. The minimum Gasteiger partial charge on any atom is -0.389 e. The second-order valence-electron chi connectivity index (χ2n) is 5.63. The fourth-order valence-corrected chi connectivity index (χ4v) is 2.61. The Kier molecular flexibility index (Phi) is 4.22. The van der Waals surface area contributed by atoms with E-state index in [0.29, 0.717) is 25.8 Å². The number of hydrogen-bond donors (Lipinski definition) is 2. The molecule has 0 spiro atoms. The van der Waals surface area contributed by atoms with Crippen LogP contribution in [-0.2, 0) is 11.2 Å². The summed E-state index contributed by atoms with van der Waals surface area (Å²) < 4.78 is 0. The number of nitrogens with zero attached hydrogens (tertiary/aromatic N) is 1. The van der Waals surface area contributed by atoms with Crippen LogP contribution in [0.4, 0.5) is 0 Å². The maximum absolute atomic E-state index is 10.9. The predicted octanol–water partition coefficient (Wildman–Crippen LogP) is 0.850. The molecular weight excluding hydrogens is 240 g/mol. The summed E-state index contributed by atoms with van der Waals surface area (Å²) in [6.45, 7) is 3.80. The van der Waals surface area contributed by atoms with E-state index in [0.717, 1.165) is 18.7 Å². The zero-order chi connectivity index (χ0) is 13.9. The first-order chi connectivity index (χ1) is 8.97. The summed E-state index contributed by atoms with van der Waals surface area (Å²) in [5.41, 5.74) is 6.93. The van der Waals surface area contributed by atoms with E-state index in [1.54, 1.807) is 0 Å². The number of piperidine rings is 1. The number of nitrogens with two attached hydrogens (primary N) is 1. The highest BCUT2D eigenvalue weighted by molar-refractivity contribution is 5.75. The zero-order valence-corrected chi connectivity index (χ0v) is 11.4. The van der Waals surface area contributed by atoms with E-state index in [9.17, 15) is 9.90 Å². The SMILES string of the molecule is Cc1ccc(CC2(O)CCN(CC(N)=O)CC2)cc1. The van der Waals surface area contributed by atoms with Gasteiger partial charge in [-0.05, 0) is 25.3 Å². The van der Waals surface area contributed by atoms with E-state index in [1.807, 2.05) is 4.90 Å². The molecule has 4 nitrogen and oxygen atoms in total. The summed E-state index contributed by atoms with van der Waals surface area (Å²) in [7, 11) is 0. The normalized spacial score (nSPS) is 19.3. The second kappa shape index (κ2) is 5.72. The summed E-state index contributed by atoms with van der Waals surface area (Å²) in [5.74, 6) is -0.302. The highest BCUT2D eigenvalue weighted by Crippen LogP contribution is 2.26. The Morgan fingerprint density at radius 2 is 1.89 bits per heavy atom. The number of amides is 1. The van der Waals surface area contributed by atoms with E-state index in [4.69, 9.17) is 5.73 Å². The lowest BCUT2D eigenvalue weighted by atomic mass is 9.85. The van der Waals surface area contributed by atoms with Crippen LogP contribution < -0.4 is 5.73 Å². The molecule has 0 aliphatic carbocycles. The van der Waals surface area contributed by atoms with Gasteiger partial charge in [-0.1, -0.05) is 29.8 Å². The van der Waals surface area contributed by atoms with Crippen LogP contribution in [0.25, 0.3) is 0 Å². The van der Waals surface area contributed by atoms with Crippen molar-refractivity contribution >= 4 is 5.91 Å². The number of rotatable bonds is 4. The number of benzene rings is 1. The number of carbonyl (C=O) groups is 1. The summed E-state index contributed by atoms with van der Waals surface area (Å²) in [6.07, 6.45) is 2.06. The summed E-state index contributed by atoms with van der Waals surface area (Å²) >= 11 is 0. The van der Waals surface area contributed by atoms with Crippen LogP contribution in [0.15, 0.2) is 24.3 Å². The zero-order valence-electron chi connectivity index (χ0n) is 11.4. The van der Waals surface area contributed by atoms with Crippen LogP contribution in [0.5, 0.6) is 0 Å². The maximum Gasteiger partial charge on any atom is 0.231 e. The molecule has 1 aromatic carbocycles. The molecular formula is C15H22N2O2. The van der Waals surface area contributed by atoms with Crippen LogP contribution in [0, 0.1) is 6.92 Å². The van der Waals surface area contributed by atoms with Crippen molar-refractivity contribution in [3.63, 3.8) is 0 Å². The molecule has 0 radical (unpaired) electrons. The number of primary amides is 1. The van der Waals surface area contributed by atoms with Crippen molar-refractivity contribution in [2.24, 2.45) is 5.73 Å². The van der Waals surface area contributed by atoms with Crippen molar-refractivity contribution in [2.45, 2.75) is 31.8 Å². The van der Waals surface area contributed by atoms with Gasteiger partial charge in [0.25, 0.3) is 0 Å². The van der Waals surface area contributed by atoms with Crippen LogP contribution in [0.2, 0.25) is 0 Å². The van der Waals surface area contributed by atoms with E-state index < -0.39 is 5.60 Å². The molecule has 1 amide bonds. The minimum atomic E-state index is -0.649. The summed E-state index contributed by atoms with van der Waals surface area (Å²) in [6, 6.07) is 8.29. The van der Waals surface area contributed by atoms with Crippen molar-refractivity contribution in [2.75, 3.05) is 19.6 Å². The highest BCUT2D eigenvalue weighted by Gasteiger charge is 2.32. The van der Waals surface area contributed by atoms with Crippen LogP contribution >= 0.6 is 0 Å². The lowest BCUT2D eigenvalue weighted by Gasteiger charge is -2.37. The lowest BCUT2D eigenvalue weighted by Crippen LogP contribution is -2.47. The quantitative estimate of drug-likeness (QED) is 0.845. The fraction of sp³-hybridized carbons (Fsp3) is 0.533. The van der Waals surface area contributed by atoms with E-state index in [2.05, 4.69) is 31.2 Å². The topological polar surface area (TPSA) is 66.6 Å². The van der Waals surface area contributed by atoms with Gasteiger partial charge in [0, 0.05) is 19.5 Å². The molecule has 0 saturated carbocycles. The number of likely N-dealkylation sites (tertiary alicyclic amines) is 1. The molecule has 0 bridgehead atoms. The van der Waals surface area contributed by atoms with Gasteiger partial charge in [-0.25, -0.2) is 0 Å². The number of aliphatic hydroxyl groups is 1. The first-order valence-electron chi connectivity index (χ1n) is 6.75. The lowest BCUT2D eigenvalue weighted by molar-refractivity contribution is -0.120. The Morgan fingerprint density at radius 1 is 1.32 bits per heavy atom. The molecule has 0 aromatic heterocycles. The Balaban J connectivity index is 1.91. The van der Waals surface area contributed by atoms with Gasteiger partial charge in [0.05, 0.1) is 12.1 Å². The monoisotopic (exact) mass is 262 g/mol. The molecule has 1 aromatic rings. The van der Waals surface area contributed by atoms with Crippen LogP contribution in [-0.4, -0.2) is 41.1 Å². The Morgan fingerprint density at radius 3 is 2.42 bits per heavy atom. The molecule has 104 valence electrons. The van der Waals surface area contributed by atoms with Crippen molar-refractivity contribution in [1.29, 1.82) is 0 Å². The van der Waals surface area contributed by atoms with Crippen molar-refractivity contribution < 1.29 is 9.90 Å². The van der Waals surface area contributed by atoms with Gasteiger partial charge in [0.1, 0.15) is 0 Å². The van der Waals surface area contributed by atoms with Gasteiger partial charge in [-0.3, -0.25) is 9.69 Å². The van der Waals surface area contributed by atoms with E-state index in [-0.39, 0.29) is 5.91 Å². The average Bonchev–Trinajstić information content (AvgIpc) is 2.35. The first kappa shape index (κ1) is 14.0. The summed E-state index contributed by atoms with van der Waals surface area (Å²) in [5, 5.41) is 10.6. The third kappa shape index (κ3) is 4.04. The second-order valence-corrected chi connectivity index (χ2v) is 5.63. The summed E-state index contributed by atoms with van der Waals surface area (Å²) in [4.78, 5) is 12.9. The number of hydrogen-bond acceptors (Lipinski definition) is 3. The number of aryl methyl sites for hydroxylation is 1. The molecule has 1 aliphatic heterocycles. The van der Waals surface area contributed by atoms with Crippen LogP contribution in [0.1, 0.15) is 24.0 Å². The maximum atomic E-state index is 10.9. The van der Waals surface area contributed by atoms with Gasteiger partial charge in [-0.2, -0.15) is 0 Å². The molecule has 1 saturated heterocycles. The molecule has 19 heavy (non-hydrogen) atoms. The average molecular weight is 262 g/mol. The van der Waals surface area contributed by atoms with E-state index in [1.165, 1.54) is 5.56 Å². The Hall–Kier alpha value is -1.39. The molecule has 1 fully saturated rings. The highest BCUT2D eigenvalue weighted by atomic mass is 16.3. The number of carbonyl (C=O) groups excluding carboxylic acids is 1. The van der Waals surface area contributed by atoms with Crippen LogP contribution in [0.3, 0.4) is 0 Å². The smallest absolute Gasteiger partial charge is 0.231 e. The van der Waals surface area contributed by atoms with Gasteiger partial charge < -0.3 is 10.8 Å². The van der Waals surface area contributed by atoms with Crippen molar-refractivity contribution in [3.05, 3.63) is 35.4 Å². The largest absolute Gasteiger partial charge is 0.389 e. The predicted molar refractivity (Wildman–Crippen MR) is 74.7 cm³/mol. The third-order valence-corrected chi connectivity index (χ3v) is 3.82. The minimum absolute atomic E-state index is 0.292. The third-order valence-electron chi connectivity index (χ3n) is 3.82. The molecule has 4 heteroatoms. The standard InChI is InChI=1S/C15H22N2O2/c1-12-2-4-13(5-3-12)10-15(19)6-8-17(9-7-15)11-14(16)18/h2-5,19H,6-11H2,1H3,(H2,16,18). The van der Waals surface area contributed by atoms with Gasteiger partial charge >= 0.3 is 0 Å². The molecule has 1 heterocycles. The van der Waals surface area contributed by atoms with E-state index >= 15 is 0 Å². The Labute approximate surface area is 114 Å². The van der Waals surface area contributed by atoms with Crippen molar-refractivity contribution in [1.82, 2.24) is 4.90 Å². The molecule has 1 aliphatic rings. The first-order valence-corrected chi connectivity index (χ1v) is 6.75. The fourth-order valence-electron chi connectivity index (χ4n) is 2.61. The van der Waals surface area contributed by atoms with Gasteiger partial charge in [0.15, 0.2) is 0 Å². The Bertz CT molecular complexity index is 434. The van der Waals surface area contributed by atoms with Crippen molar-refractivity contribution in [3.8, 4) is 0 Å². The molecule has 0 unspecified atom stereocenters.